The summed E-state index contributed by atoms with van der Waals surface area (Å²) < 4.78 is 5.30. The number of ether oxygens (including phenoxy) is 1. The third-order valence-electron chi connectivity index (χ3n) is 3.08. The third kappa shape index (κ3) is 3.43. The molecule has 0 amide bonds. The lowest BCUT2D eigenvalue weighted by Gasteiger charge is -2.13. The fourth-order valence-electron chi connectivity index (χ4n) is 2.03. The number of pyridine rings is 1. The van der Waals surface area contributed by atoms with Gasteiger partial charge >= 0.3 is 5.97 Å². The summed E-state index contributed by atoms with van der Waals surface area (Å²) in [5, 5.41) is 31.3. The lowest BCUT2D eigenvalue weighted by Crippen LogP contribution is -2.25. The summed E-state index contributed by atoms with van der Waals surface area (Å²) in [5.74, 6) is -0.783. The molecule has 0 aliphatic carbocycles. The van der Waals surface area contributed by atoms with Crippen molar-refractivity contribution in [3.8, 4) is 6.07 Å². The molecule has 1 aliphatic rings. The van der Waals surface area contributed by atoms with Gasteiger partial charge in [-0.2, -0.15) is 5.26 Å². The molecule has 1 aromatic rings. The summed E-state index contributed by atoms with van der Waals surface area (Å²) in [4.78, 5) is 24.6. The Morgan fingerprint density at radius 2 is 2.43 bits per heavy atom. The molecule has 0 radical (unpaired) electrons. The monoisotopic (exact) mass is 292 g/mol. The molecule has 9 heteroatoms. The number of aliphatic carboxylic acids is 1. The van der Waals surface area contributed by atoms with E-state index >= 15 is 0 Å². The fraction of sp³-hybridized carbons (Fsp3) is 0.417. The number of aromatic nitrogens is 1. The smallest absolute Gasteiger partial charge is 0.332 e. The van der Waals surface area contributed by atoms with Crippen LogP contribution in [0.1, 0.15) is 18.4 Å². The molecule has 0 spiro atoms. The van der Waals surface area contributed by atoms with Crippen molar-refractivity contribution in [2.75, 3.05) is 11.9 Å². The van der Waals surface area contributed by atoms with Gasteiger partial charge in [0.2, 0.25) is 0 Å². The van der Waals surface area contributed by atoms with E-state index in [9.17, 15) is 14.9 Å². The number of nitriles is 1. The Kier molecular flexibility index (Phi) is 4.30. The Bertz CT molecular complexity index is 612. The number of carbonyl (C=O) groups is 1. The fourth-order valence-corrected chi connectivity index (χ4v) is 2.03. The van der Waals surface area contributed by atoms with Crippen LogP contribution in [0, 0.1) is 21.4 Å². The average Bonchev–Trinajstić information content (AvgIpc) is 2.93. The highest BCUT2D eigenvalue weighted by molar-refractivity contribution is 5.72. The minimum atomic E-state index is -0.997. The molecule has 2 N–H and O–H groups in total. The first-order valence-electron chi connectivity index (χ1n) is 6.18. The summed E-state index contributed by atoms with van der Waals surface area (Å²) in [6.07, 6.45) is 0.963. The van der Waals surface area contributed by atoms with Crippen molar-refractivity contribution in [3.05, 3.63) is 27.9 Å². The normalized spacial score (nSPS) is 20.7. The number of anilines is 1. The van der Waals surface area contributed by atoms with Crippen molar-refractivity contribution in [1.29, 1.82) is 5.26 Å². The zero-order valence-electron chi connectivity index (χ0n) is 10.9. The first-order valence-corrected chi connectivity index (χ1v) is 6.18. The molecule has 1 aliphatic heterocycles. The molecule has 2 unspecified atom stereocenters. The van der Waals surface area contributed by atoms with Crippen molar-refractivity contribution >= 4 is 17.5 Å². The molecule has 1 aromatic heterocycles. The largest absolute Gasteiger partial charge is 0.479 e. The van der Waals surface area contributed by atoms with Crippen LogP contribution in [0.25, 0.3) is 0 Å². The van der Waals surface area contributed by atoms with E-state index in [4.69, 9.17) is 15.1 Å². The minimum Gasteiger partial charge on any atom is -0.479 e. The van der Waals surface area contributed by atoms with Gasteiger partial charge in [0.25, 0.3) is 5.69 Å². The van der Waals surface area contributed by atoms with Crippen LogP contribution in [0.4, 0.5) is 11.5 Å². The van der Waals surface area contributed by atoms with Crippen LogP contribution in [-0.2, 0) is 9.53 Å². The summed E-state index contributed by atoms with van der Waals surface area (Å²) in [5.41, 5.74) is -0.211. The summed E-state index contributed by atoms with van der Waals surface area (Å²) in [6, 6.07) is 2.96. The highest BCUT2D eigenvalue weighted by atomic mass is 16.6. The van der Waals surface area contributed by atoms with Gasteiger partial charge in [0.05, 0.1) is 11.0 Å². The van der Waals surface area contributed by atoms with Gasteiger partial charge in [-0.1, -0.05) is 0 Å². The first kappa shape index (κ1) is 14.7. The molecule has 2 rings (SSSR count). The number of carboxylic acids is 1. The van der Waals surface area contributed by atoms with Crippen molar-refractivity contribution < 1.29 is 19.6 Å². The van der Waals surface area contributed by atoms with E-state index in [1.807, 2.05) is 6.07 Å². The van der Waals surface area contributed by atoms with Crippen LogP contribution in [0.3, 0.4) is 0 Å². The van der Waals surface area contributed by atoms with Gasteiger partial charge in [-0.15, -0.1) is 0 Å². The quantitative estimate of drug-likeness (QED) is 0.603. The van der Waals surface area contributed by atoms with Gasteiger partial charge in [0, 0.05) is 12.6 Å². The second-order valence-corrected chi connectivity index (χ2v) is 4.50. The van der Waals surface area contributed by atoms with Gasteiger partial charge in [0.15, 0.2) is 6.10 Å². The number of nitrogens with one attached hydrogen (secondary N) is 1. The molecule has 21 heavy (non-hydrogen) atoms. The van der Waals surface area contributed by atoms with Crippen LogP contribution < -0.4 is 5.32 Å². The Labute approximate surface area is 119 Å². The Morgan fingerprint density at radius 1 is 1.67 bits per heavy atom. The zero-order valence-corrected chi connectivity index (χ0v) is 10.9. The molecule has 9 nitrogen and oxygen atoms in total. The van der Waals surface area contributed by atoms with E-state index < -0.39 is 17.0 Å². The molecule has 1 fully saturated rings. The lowest BCUT2D eigenvalue weighted by molar-refractivity contribution is -0.385. The molecular weight excluding hydrogens is 280 g/mol. The maximum Gasteiger partial charge on any atom is 0.332 e. The van der Waals surface area contributed by atoms with E-state index in [2.05, 4.69) is 10.3 Å². The molecule has 2 heterocycles. The number of nitro groups is 1. The molecule has 0 saturated carbocycles. The van der Waals surface area contributed by atoms with Gasteiger partial charge < -0.3 is 15.2 Å². The van der Waals surface area contributed by atoms with Crippen LogP contribution in [0.5, 0.6) is 0 Å². The van der Waals surface area contributed by atoms with E-state index in [1.165, 1.54) is 0 Å². The number of nitrogens with zero attached hydrogens (tertiary/aromatic N) is 3. The topological polar surface area (TPSA) is 138 Å². The van der Waals surface area contributed by atoms with Crippen molar-refractivity contribution in [2.45, 2.75) is 25.0 Å². The van der Waals surface area contributed by atoms with Crippen LogP contribution in [0.15, 0.2) is 12.3 Å². The second kappa shape index (κ2) is 6.15. The highest BCUT2D eigenvalue weighted by Crippen LogP contribution is 2.22. The number of hydrogen-bond donors (Lipinski definition) is 2. The molecule has 0 bridgehead atoms. The van der Waals surface area contributed by atoms with E-state index in [0.717, 1.165) is 12.3 Å². The van der Waals surface area contributed by atoms with Gasteiger partial charge in [-0.25, -0.2) is 9.78 Å². The summed E-state index contributed by atoms with van der Waals surface area (Å²) >= 11 is 0. The predicted octanol–water partition coefficient (Wildman–Crippen LogP) is 0.906. The van der Waals surface area contributed by atoms with Crippen molar-refractivity contribution in [3.63, 3.8) is 0 Å². The standard InChI is InChI=1S/C12H12N4O5/c13-4-7-3-8(16(19)20)5-14-11(7)15-6-9-1-2-10(21-9)12(17)18/h3,5,9-10H,1-2,6H2,(H,14,15)(H,17,18). The Balaban J connectivity index is 1.99. The molecule has 0 aromatic carbocycles. The van der Waals surface area contributed by atoms with E-state index in [0.29, 0.717) is 12.8 Å². The summed E-state index contributed by atoms with van der Waals surface area (Å²) in [6.45, 7) is 0.281. The SMILES string of the molecule is N#Cc1cc([N+](=O)[O-])cnc1NCC1CCC(C(=O)O)O1. The van der Waals surface area contributed by atoms with E-state index in [-0.39, 0.29) is 29.7 Å². The number of hydrogen-bond acceptors (Lipinski definition) is 7. The minimum absolute atomic E-state index is 0.0528. The molecular formula is C12H12N4O5. The highest BCUT2D eigenvalue weighted by Gasteiger charge is 2.30. The summed E-state index contributed by atoms with van der Waals surface area (Å²) in [7, 11) is 0. The van der Waals surface area contributed by atoms with E-state index in [1.54, 1.807) is 0 Å². The second-order valence-electron chi connectivity index (χ2n) is 4.50. The van der Waals surface area contributed by atoms with Crippen LogP contribution in [-0.4, -0.2) is 39.7 Å². The molecule has 2 atom stereocenters. The Morgan fingerprint density at radius 3 is 3.00 bits per heavy atom. The van der Waals surface area contributed by atoms with Crippen molar-refractivity contribution in [2.24, 2.45) is 0 Å². The molecule has 110 valence electrons. The molecule has 1 saturated heterocycles. The third-order valence-corrected chi connectivity index (χ3v) is 3.08. The van der Waals surface area contributed by atoms with Crippen LogP contribution >= 0.6 is 0 Å². The van der Waals surface area contributed by atoms with Gasteiger partial charge in [-0.3, -0.25) is 10.1 Å². The predicted molar refractivity (Wildman–Crippen MR) is 69.6 cm³/mol. The maximum atomic E-state index is 10.8. The maximum absolute atomic E-state index is 10.8. The Hall–Kier alpha value is -2.73. The zero-order chi connectivity index (χ0) is 15.4. The number of carboxylic acid groups (broad SMARTS) is 1. The van der Waals surface area contributed by atoms with Crippen LogP contribution in [0.2, 0.25) is 0 Å². The number of rotatable bonds is 5. The first-order chi connectivity index (χ1) is 10.0. The van der Waals surface area contributed by atoms with Crippen molar-refractivity contribution in [1.82, 2.24) is 4.98 Å². The lowest BCUT2D eigenvalue weighted by atomic mass is 10.2. The average molecular weight is 292 g/mol. The van der Waals surface area contributed by atoms with Gasteiger partial charge in [0.1, 0.15) is 23.6 Å². The van der Waals surface area contributed by atoms with Gasteiger partial charge in [-0.05, 0) is 12.8 Å².